The number of rotatable bonds is 11. The van der Waals surface area contributed by atoms with Gasteiger partial charge in [0.2, 0.25) is 5.13 Å². The van der Waals surface area contributed by atoms with Gasteiger partial charge >= 0.3 is 5.91 Å². The Labute approximate surface area is 274 Å². The fraction of sp³-hybridized carbons (Fsp3) is 0.200. The number of thioether (sulfide) groups is 1. The second-order valence-corrected chi connectivity index (χ2v) is 13.2. The summed E-state index contributed by atoms with van der Waals surface area (Å²) in [5.41, 5.74) is 2.11. The maximum absolute atomic E-state index is 13.7. The van der Waals surface area contributed by atoms with Crippen LogP contribution in [-0.4, -0.2) is 33.6 Å². The molecule has 0 bridgehead atoms. The van der Waals surface area contributed by atoms with Crippen LogP contribution in [0.1, 0.15) is 48.9 Å². The molecule has 6 rings (SSSR count). The highest BCUT2D eigenvalue weighted by Crippen LogP contribution is 2.44. The van der Waals surface area contributed by atoms with Crippen LogP contribution in [0.2, 0.25) is 5.02 Å². The van der Waals surface area contributed by atoms with Gasteiger partial charge in [0.1, 0.15) is 11.5 Å². The Bertz CT molecular complexity index is 1880. The van der Waals surface area contributed by atoms with Crippen molar-refractivity contribution in [2.24, 2.45) is 0 Å². The number of ether oxygens (including phenoxy) is 1. The SMILES string of the molecule is CCCCCOc1cccc(C2/C(=C(\O)c3ccc(Cl)cc3)C(=O)C(=O)N2c2nnc(SCc3cccc4ccccc34)s2)c1. The van der Waals surface area contributed by atoms with E-state index in [0.29, 0.717) is 38.6 Å². The molecule has 5 aromatic rings. The first kappa shape index (κ1) is 30.8. The number of unbranched alkanes of at least 4 members (excludes halogenated alkanes) is 2. The molecule has 1 unspecified atom stereocenters. The molecule has 1 atom stereocenters. The summed E-state index contributed by atoms with van der Waals surface area (Å²) in [6.45, 7) is 2.68. The molecule has 0 spiro atoms. The third-order valence-corrected chi connectivity index (χ3v) is 9.94. The monoisotopic (exact) mass is 655 g/mol. The molecule has 45 heavy (non-hydrogen) atoms. The fourth-order valence-corrected chi connectivity index (χ4v) is 7.34. The maximum atomic E-state index is 13.7. The van der Waals surface area contributed by atoms with Gasteiger partial charge in [-0.25, -0.2) is 0 Å². The molecule has 1 aliphatic rings. The van der Waals surface area contributed by atoms with E-state index in [-0.39, 0.29) is 16.5 Å². The molecule has 10 heteroatoms. The van der Waals surface area contributed by atoms with E-state index in [9.17, 15) is 14.7 Å². The molecular weight excluding hydrogens is 626 g/mol. The van der Waals surface area contributed by atoms with Gasteiger partial charge in [-0.2, -0.15) is 0 Å². The molecule has 1 saturated heterocycles. The van der Waals surface area contributed by atoms with Crippen LogP contribution in [0.5, 0.6) is 5.75 Å². The fourth-order valence-electron chi connectivity index (χ4n) is 5.34. The Morgan fingerprint density at radius 2 is 1.76 bits per heavy atom. The topological polar surface area (TPSA) is 92.6 Å². The molecule has 1 fully saturated rings. The predicted molar refractivity (Wildman–Crippen MR) is 181 cm³/mol. The molecule has 2 heterocycles. The third-order valence-electron chi connectivity index (χ3n) is 7.59. The molecule has 0 aliphatic carbocycles. The number of Topliss-reactive ketones (excluding diaryl/α,β-unsaturated/α-hetero) is 1. The van der Waals surface area contributed by atoms with Crippen LogP contribution >= 0.6 is 34.7 Å². The van der Waals surface area contributed by atoms with E-state index < -0.39 is 17.7 Å². The minimum atomic E-state index is -0.941. The summed E-state index contributed by atoms with van der Waals surface area (Å²) in [6.07, 6.45) is 3.05. The van der Waals surface area contributed by atoms with Crippen LogP contribution in [0.4, 0.5) is 5.13 Å². The lowest BCUT2D eigenvalue weighted by Crippen LogP contribution is -2.29. The number of aliphatic hydroxyl groups excluding tert-OH is 1. The van der Waals surface area contributed by atoms with E-state index in [4.69, 9.17) is 16.3 Å². The second kappa shape index (κ2) is 13.9. The van der Waals surface area contributed by atoms with Gasteiger partial charge < -0.3 is 9.84 Å². The molecule has 0 radical (unpaired) electrons. The molecule has 1 amide bonds. The number of fused-ring (bicyclic) bond motifs is 1. The quantitative estimate of drug-likeness (QED) is 0.0379. The predicted octanol–water partition coefficient (Wildman–Crippen LogP) is 8.83. The van der Waals surface area contributed by atoms with Crippen molar-refractivity contribution in [2.45, 2.75) is 42.3 Å². The number of aliphatic hydroxyl groups is 1. The average molecular weight is 656 g/mol. The van der Waals surface area contributed by atoms with Gasteiger partial charge in [0, 0.05) is 16.3 Å². The van der Waals surface area contributed by atoms with Crippen LogP contribution in [0.25, 0.3) is 16.5 Å². The average Bonchev–Trinajstić information content (AvgIpc) is 3.63. The minimum Gasteiger partial charge on any atom is -0.507 e. The number of hydrogen-bond acceptors (Lipinski definition) is 8. The Kier molecular flexibility index (Phi) is 9.49. The number of amides is 1. The van der Waals surface area contributed by atoms with Crippen LogP contribution in [-0.2, 0) is 15.3 Å². The van der Waals surface area contributed by atoms with Crippen molar-refractivity contribution in [1.29, 1.82) is 0 Å². The number of benzene rings is 4. The van der Waals surface area contributed by atoms with Gasteiger partial charge in [0.15, 0.2) is 4.34 Å². The zero-order valence-electron chi connectivity index (χ0n) is 24.5. The smallest absolute Gasteiger partial charge is 0.301 e. The van der Waals surface area contributed by atoms with Gasteiger partial charge in [0.05, 0.1) is 18.2 Å². The van der Waals surface area contributed by atoms with Crippen molar-refractivity contribution in [3.05, 3.63) is 118 Å². The third kappa shape index (κ3) is 6.61. The molecule has 1 aromatic heterocycles. The molecule has 0 saturated carbocycles. The van der Waals surface area contributed by atoms with Crippen molar-refractivity contribution in [2.75, 3.05) is 11.5 Å². The summed E-state index contributed by atoms with van der Waals surface area (Å²) in [5, 5.41) is 23.2. The summed E-state index contributed by atoms with van der Waals surface area (Å²) in [6, 6.07) is 27.2. The largest absolute Gasteiger partial charge is 0.507 e. The van der Waals surface area contributed by atoms with Crippen LogP contribution in [0.3, 0.4) is 0 Å². The van der Waals surface area contributed by atoms with Gasteiger partial charge in [-0.3, -0.25) is 14.5 Å². The minimum absolute atomic E-state index is 0.0365. The number of nitrogens with zero attached hydrogens (tertiary/aromatic N) is 3. The second-order valence-electron chi connectivity index (χ2n) is 10.6. The van der Waals surface area contributed by atoms with Gasteiger partial charge in [-0.05, 0) is 64.7 Å². The number of halogens is 1. The summed E-state index contributed by atoms with van der Waals surface area (Å²) >= 11 is 8.82. The van der Waals surface area contributed by atoms with E-state index in [1.54, 1.807) is 24.3 Å². The number of hydrogen-bond donors (Lipinski definition) is 1. The van der Waals surface area contributed by atoms with Crippen LogP contribution in [0, 0.1) is 0 Å². The number of aromatic nitrogens is 2. The summed E-state index contributed by atoms with van der Waals surface area (Å²) in [5.74, 6) is -0.605. The lowest BCUT2D eigenvalue weighted by Gasteiger charge is -2.23. The molecule has 1 N–H and O–H groups in total. The number of anilines is 1. The van der Waals surface area contributed by atoms with E-state index in [0.717, 1.165) is 30.2 Å². The molecule has 4 aromatic carbocycles. The van der Waals surface area contributed by atoms with Crippen molar-refractivity contribution >= 4 is 68.1 Å². The molecule has 7 nitrogen and oxygen atoms in total. The van der Waals surface area contributed by atoms with E-state index in [1.807, 2.05) is 42.5 Å². The van der Waals surface area contributed by atoms with E-state index >= 15 is 0 Å². The van der Waals surface area contributed by atoms with Gasteiger partial charge in [0.25, 0.3) is 5.78 Å². The van der Waals surface area contributed by atoms with Gasteiger partial charge in [-0.15, -0.1) is 10.2 Å². The maximum Gasteiger partial charge on any atom is 0.301 e. The Hall–Kier alpha value is -4.18. The van der Waals surface area contributed by atoms with E-state index in [2.05, 4.69) is 41.4 Å². The number of carbonyl (C=O) groups is 2. The van der Waals surface area contributed by atoms with Crippen molar-refractivity contribution in [3.8, 4) is 5.75 Å². The zero-order valence-corrected chi connectivity index (χ0v) is 26.9. The highest BCUT2D eigenvalue weighted by Gasteiger charge is 2.48. The standard InChI is InChI=1S/C35H30ClN3O4S2/c1-2-3-6-19-43-27-13-8-11-24(20-27)30-29(31(40)23-15-17-26(36)18-16-23)32(41)33(42)39(30)34-37-38-35(45-34)44-21-25-12-7-10-22-9-4-5-14-28(22)25/h4-5,7-18,20,30,40H,2-3,6,19,21H2,1H3/b31-29+. The lowest BCUT2D eigenvalue weighted by molar-refractivity contribution is -0.132. The van der Waals surface area contributed by atoms with Crippen molar-refractivity contribution < 1.29 is 19.4 Å². The van der Waals surface area contributed by atoms with E-state index in [1.165, 1.54) is 33.4 Å². The highest BCUT2D eigenvalue weighted by molar-refractivity contribution is 8.00. The first-order valence-corrected chi connectivity index (χ1v) is 16.8. The summed E-state index contributed by atoms with van der Waals surface area (Å²) < 4.78 is 6.65. The Morgan fingerprint density at radius 1 is 0.978 bits per heavy atom. The number of ketones is 1. The van der Waals surface area contributed by atoms with Crippen molar-refractivity contribution in [3.63, 3.8) is 0 Å². The zero-order chi connectivity index (χ0) is 31.3. The molecular formula is C35H30ClN3O4S2. The first-order valence-electron chi connectivity index (χ1n) is 14.7. The number of carbonyl (C=O) groups excluding carboxylic acids is 2. The Morgan fingerprint density at radius 3 is 2.58 bits per heavy atom. The van der Waals surface area contributed by atoms with Crippen LogP contribution < -0.4 is 9.64 Å². The highest BCUT2D eigenvalue weighted by atomic mass is 35.5. The normalized spacial score (nSPS) is 16.0. The lowest BCUT2D eigenvalue weighted by atomic mass is 9.95. The summed E-state index contributed by atoms with van der Waals surface area (Å²) in [7, 11) is 0. The first-order chi connectivity index (χ1) is 21.9. The Balaban J connectivity index is 1.35. The molecule has 1 aliphatic heterocycles. The summed E-state index contributed by atoms with van der Waals surface area (Å²) in [4.78, 5) is 28.6. The molecule has 228 valence electrons. The van der Waals surface area contributed by atoms with Crippen LogP contribution in [0.15, 0.2) is 101 Å². The van der Waals surface area contributed by atoms with Crippen molar-refractivity contribution in [1.82, 2.24) is 10.2 Å². The van der Waals surface area contributed by atoms with Gasteiger partial charge in [-0.1, -0.05) is 109 Å².